The monoisotopic (exact) mass is 260 g/mol. The fourth-order valence-electron chi connectivity index (χ4n) is 2.20. The number of amides is 2. The third kappa shape index (κ3) is 2.66. The Balaban J connectivity index is 2.04. The number of nitrogens with zero attached hydrogens (tertiary/aromatic N) is 2. The van der Waals surface area contributed by atoms with Gasteiger partial charge in [0.25, 0.3) is 0 Å². The van der Waals surface area contributed by atoms with Crippen molar-refractivity contribution in [2.24, 2.45) is 0 Å². The number of rotatable bonds is 1. The summed E-state index contributed by atoms with van der Waals surface area (Å²) in [7, 11) is 0. The number of aliphatic hydroxyl groups is 1. The van der Waals surface area contributed by atoms with E-state index in [1.165, 1.54) is 4.90 Å². The highest BCUT2D eigenvalue weighted by molar-refractivity contribution is 7.99. The number of carbonyl (C=O) groups excluding carboxylic acids is 1. The molecule has 0 aromatic carbocycles. The van der Waals surface area contributed by atoms with Crippen molar-refractivity contribution in [2.45, 2.75) is 18.6 Å². The number of carbonyl (C=O) groups is 2. The maximum absolute atomic E-state index is 12.1. The lowest BCUT2D eigenvalue weighted by atomic mass is 10.2. The predicted octanol–water partition coefficient (Wildman–Crippen LogP) is -0.325. The van der Waals surface area contributed by atoms with E-state index in [4.69, 9.17) is 5.11 Å². The summed E-state index contributed by atoms with van der Waals surface area (Å²) >= 11 is 1.79. The number of hydrogen-bond acceptors (Lipinski definition) is 4. The number of carboxylic acids is 1. The number of β-amino-alcohol motifs (C(OH)–C–C–N with tert-alkyl or cyclic N) is 1. The zero-order chi connectivity index (χ0) is 12.4. The Hall–Kier alpha value is -0.950. The van der Waals surface area contributed by atoms with Gasteiger partial charge in [-0.05, 0) is 0 Å². The van der Waals surface area contributed by atoms with E-state index < -0.39 is 18.1 Å². The molecule has 2 fully saturated rings. The van der Waals surface area contributed by atoms with E-state index in [-0.39, 0.29) is 19.0 Å². The van der Waals surface area contributed by atoms with Crippen molar-refractivity contribution in [1.29, 1.82) is 0 Å². The van der Waals surface area contributed by atoms with Crippen LogP contribution < -0.4 is 0 Å². The highest BCUT2D eigenvalue weighted by Crippen LogP contribution is 2.21. The quantitative estimate of drug-likeness (QED) is 0.675. The van der Waals surface area contributed by atoms with E-state index in [1.54, 1.807) is 16.7 Å². The molecular formula is C10H16N2O4S. The van der Waals surface area contributed by atoms with E-state index in [0.717, 1.165) is 11.5 Å². The molecule has 0 unspecified atom stereocenters. The van der Waals surface area contributed by atoms with Crippen LogP contribution in [0.5, 0.6) is 0 Å². The highest BCUT2D eigenvalue weighted by Gasteiger charge is 2.40. The summed E-state index contributed by atoms with van der Waals surface area (Å²) in [4.78, 5) is 26.1. The van der Waals surface area contributed by atoms with E-state index in [0.29, 0.717) is 13.1 Å². The van der Waals surface area contributed by atoms with Crippen molar-refractivity contribution in [3.05, 3.63) is 0 Å². The second kappa shape index (κ2) is 5.14. The maximum Gasteiger partial charge on any atom is 0.326 e. The molecule has 2 amide bonds. The zero-order valence-corrected chi connectivity index (χ0v) is 10.2. The second-order valence-corrected chi connectivity index (χ2v) is 5.50. The van der Waals surface area contributed by atoms with E-state index >= 15 is 0 Å². The molecule has 2 atom stereocenters. The van der Waals surface area contributed by atoms with Gasteiger partial charge in [0.2, 0.25) is 0 Å². The van der Waals surface area contributed by atoms with Crippen LogP contribution in [0.15, 0.2) is 0 Å². The summed E-state index contributed by atoms with van der Waals surface area (Å²) in [5.41, 5.74) is 0. The van der Waals surface area contributed by atoms with Gasteiger partial charge < -0.3 is 20.0 Å². The van der Waals surface area contributed by atoms with Crippen LogP contribution in [0, 0.1) is 0 Å². The molecule has 0 saturated carbocycles. The molecule has 2 heterocycles. The SMILES string of the molecule is O=C(O)[C@@H]1C[C@@H](O)CN1C(=O)N1CCSCC1. The highest BCUT2D eigenvalue weighted by atomic mass is 32.2. The molecule has 6 nitrogen and oxygen atoms in total. The van der Waals surface area contributed by atoms with Crippen LogP contribution in [0.25, 0.3) is 0 Å². The van der Waals surface area contributed by atoms with Gasteiger partial charge in [0, 0.05) is 37.6 Å². The Morgan fingerprint density at radius 2 is 1.88 bits per heavy atom. The number of aliphatic carboxylic acids is 1. The molecule has 2 rings (SSSR count). The fourth-order valence-corrected chi connectivity index (χ4v) is 3.10. The van der Waals surface area contributed by atoms with Gasteiger partial charge in [-0.15, -0.1) is 0 Å². The first-order valence-corrected chi connectivity index (χ1v) is 6.79. The number of urea groups is 1. The Morgan fingerprint density at radius 3 is 2.47 bits per heavy atom. The maximum atomic E-state index is 12.1. The van der Waals surface area contributed by atoms with Crippen molar-refractivity contribution >= 4 is 23.8 Å². The standard InChI is InChI=1S/C10H16N2O4S/c13-7-5-8(9(14)15)12(6-7)10(16)11-1-3-17-4-2-11/h7-8,13H,1-6H2,(H,14,15)/t7-,8+/m1/s1. The summed E-state index contributed by atoms with van der Waals surface area (Å²) in [5.74, 6) is 0.737. The molecule has 0 bridgehead atoms. The molecule has 0 spiro atoms. The molecular weight excluding hydrogens is 244 g/mol. The molecule has 0 aromatic heterocycles. The lowest BCUT2D eigenvalue weighted by Crippen LogP contribution is -2.50. The van der Waals surface area contributed by atoms with Crippen LogP contribution in [-0.2, 0) is 4.79 Å². The minimum Gasteiger partial charge on any atom is -0.480 e. The minimum absolute atomic E-state index is 0.124. The molecule has 0 aliphatic carbocycles. The lowest BCUT2D eigenvalue weighted by Gasteiger charge is -2.32. The molecule has 2 aliphatic rings. The summed E-state index contributed by atoms with van der Waals surface area (Å²) < 4.78 is 0. The molecule has 7 heteroatoms. The van der Waals surface area contributed by atoms with Crippen LogP contribution >= 0.6 is 11.8 Å². The normalized spacial score (nSPS) is 29.5. The number of carboxylic acid groups (broad SMARTS) is 1. The van der Waals surface area contributed by atoms with Gasteiger partial charge in [-0.3, -0.25) is 0 Å². The third-order valence-corrected chi connectivity index (χ3v) is 4.03. The van der Waals surface area contributed by atoms with Gasteiger partial charge in [0.15, 0.2) is 0 Å². The lowest BCUT2D eigenvalue weighted by molar-refractivity contribution is -0.141. The van der Waals surface area contributed by atoms with E-state index in [9.17, 15) is 14.7 Å². The average molecular weight is 260 g/mol. The number of thioether (sulfide) groups is 1. The number of likely N-dealkylation sites (tertiary alicyclic amines) is 1. The van der Waals surface area contributed by atoms with Gasteiger partial charge in [-0.1, -0.05) is 0 Å². The Morgan fingerprint density at radius 1 is 1.24 bits per heavy atom. The Labute approximate surface area is 104 Å². The van der Waals surface area contributed by atoms with Crippen molar-refractivity contribution in [3.63, 3.8) is 0 Å². The van der Waals surface area contributed by atoms with Crippen molar-refractivity contribution in [1.82, 2.24) is 9.80 Å². The smallest absolute Gasteiger partial charge is 0.326 e. The largest absolute Gasteiger partial charge is 0.480 e. The van der Waals surface area contributed by atoms with Crippen LogP contribution in [-0.4, -0.2) is 75.3 Å². The molecule has 2 N–H and O–H groups in total. The molecule has 2 saturated heterocycles. The number of aliphatic hydroxyl groups excluding tert-OH is 1. The van der Waals surface area contributed by atoms with E-state index in [1.807, 2.05) is 0 Å². The average Bonchev–Trinajstić information content (AvgIpc) is 2.72. The summed E-state index contributed by atoms with van der Waals surface area (Å²) in [5, 5.41) is 18.5. The van der Waals surface area contributed by atoms with Crippen LogP contribution in [0.3, 0.4) is 0 Å². The first kappa shape index (κ1) is 12.5. The van der Waals surface area contributed by atoms with E-state index in [2.05, 4.69) is 0 Å². The summed E-state index contributed by atoms with van der Waals surface area (Å²) in [6.07, 6.45) is -0.594. The topological polar surface area (TPSA) is 81.1 Å². The van der Waals surface area contributed by atoms with Crippen molar-refractivity contribution < 1.29 is 19.8 Å². The number of hydrogen-bond donors (Lipinski definition) is 2. The predicted molar refractivity (Wildman–Crippen MR) is 63.0 cm³/mol. The molecule has 96 valence electrons. The second-order valence-electron chi connectivity index (χ2n) is 4.28. The Bertz CT molecular complexity index is 319. The van der Waals surface area contributed by atoms with Crippen molar-refractivity contribution in [3.8, 4) is 0 Å². The fraction of sp³-hybridized carbons (Fsp3) is 0.800. The van der Waals surface area contributed by atoms with Crippen LogP contribution in [0.1, 0.15) is 6.42 Å². The Kier molecular flexibility index (Phi) is 3.78. The van der Waals surface area contributed by atoms with Gasteiger partial charge in [0.1, 0.15) is 6.04 Å². The van der Waals surface area contributed by atoms with Gasteiger partial charge in [0.05, 0.1) is 6.10 Å². The third-order valence-electron chi connectivity index (χ3n) is 3.09. The first-order chi connectivity index (χ1) is 8.09. The molecule has 2 aliphatic heterocycles. The van der Waals surface area contributed by atoms with Crippen molar-refractivity contribution in [2.75, 3.05) is 31.1 Å². The van der Waals surface area contributed by atoms with Gasteiger partial charge in [-0.2, -0.15) is 11.8 Å². The summed E-state index contributed by atoms with van der Waals surface area (Å²) in [6, 6.07) is -1.14. The van der Waals surface area contributed by atoms with Crippen LogP contribution in [0.4, 0.5) is 4.79 Å². The molecule has 0 aromatic rings. The van der Waals surface area contributed by atoms with Gasteiger partial charge in [-0.25, -0.2) is 9.59 Å². The van der Waals surface area contributed by atoms with Gasteiger partial charge >= 0.3 is 12.0 Å². The zero-order valence-electron chi connectivity index (χ0n) is 9.41. The first-order valence-electron chi connectivity index (χ1n) is 5.63. The summed E-state index contributed by atoms with van der Waals surface area (Å²) in [6.45, 7) is 1.43. The molecule has 0 radical (unpaired) electrons. The minimum atomic E-state index is -1.04. The van der Waals surface area contributed by atoms with Crippen LogP contribution in [0.2, 0.25) is 0 Å². The molecule has 17 heavy (non-hydrogen) atoms.